The number of hydrogen-bond donors (Lipinski definition) is 1. The minimum absolute atomic E-state index is 0. The molecule has 9 heavy (non-hydrogen) atoms. The minimum atomic E-state index is 0. The van der Waals surface area contributed by atoms with E-state index in [0.29, 0.717) is 0 Å². The van der Waals surface area contributed by atoms with Gasteiger partial charge in [0, 0.05) is 0 Å². The maximum atomic E-state index is 2.25. The summed E-state index contributed by atoms with van der Waals surface area (Å²) < 4.78 is 0. The molecular formula is C7H18IN. The van der Waals surface area contributed by atoms with Gasteiger partial charge >= 0.3 is 0 Å². The molecule has 0 aromatic rings. The van der Waals surface area contributed by atoms with Crippen LogP contribution in [-0.4, -0.2) is 19.1 Å². The summed E-state index contributed by atoms with van der Waals surface area (Å²) in [7, 11) is 2.23. The van der Waals surface area contributed by atoms with Gasteiger partial charge in [-0.05, 0) is 27.7 Å². The highest BCUT2D eigenvalue weighted by Crippen LogP contribution is 1.71. The van der Waals surface area contributed by atoms with Crippen LogP contribution in [0.4, 0.5) is 0 Å². The summed E-state index contributed by atoms with van der Waals surface area (Å²) >= 11 is 0. The van der Waals surface area contributed by atoms with Crippen LogP contribution >= 0.6 is 0 Å². The molecule has 0 aliphatic carbocycles. The summed E-state index contributed by atoms with van der Waals surface area (Å²) in [6.45, 7) is 8.98. The van der Waals surface area contributed by atoms with Gasteiger partial charge in [0.2, 0.25) is 0 Å². The SMILES string of the molecule is CC(C)[NH+](C)C(C)C.[I-]. The third-order valence-electron chi connectivity index (χ3n) is 1.82. The van der Waals surface area contributed by atoms with Gasteiger partial charge in [-0.2, -0.15) is 0 Å². The van der Waals surface area contributed by atoms with E-state index in [1.165, 1.54) is 0 Å². The van der Waals surface area contributed by atoms with Crippen molar-refractivity contribution in [2.75, 3.05) is 7.05 Å². The lowest BCUT2D eigenvalue weighted by Crippen LogP contribution is -3.15. The normalized spacial score (nSPS) is 10.7. The summed E-state index contributed by atoms with van der Waals surface area (Å²) in [4.78, 5) is 1.60. The summed E-state index contributed by atoms with van der Waals surface area (Å²) in [5.74, 6) is 0. The Bertz CT molecular complexity index is 53.9. The van der Waals surface area contributed by atoms with Crippen molar-refractivity contribution in [3.05, 3.63) is 0 Å². The molecule has 0 saturated heterocycles. The topological polar surface area (TPSA) is 4.44 Å². The first-order chi connectivity index (χ1) is 3.55. The van der Waals surface area contributed by atoms with Crippen molar-refractivity contribution < 1.29 is 28.9 Å². The molecule has 0 bridgehead atoms. The van der Waals surface area contributed by atoms with Gasteiger partial charge < -0.3 is 28.9 Å². The highest BCUT2D eigenvalue weighted by molar-refractivity contribution is 4.35. The van der Waals surface area contributed by atoms with Gasteiger partial charge in [0.25, 0.3) is 0 Å². The highest BCUT2D eigenvalue weighted by atomic mass is 127. The van der Waals surface area contributed by atoms with Crippen LogP contribution in [0.3, 0.4) is 0 Å². The van der Waals surface area contributed by atoms with E-state index >= 15 is 0 Å². The molecule has 0 amide bonds. The van der Waals surface area contributed by atoms with Crippen molar-refractivity contribution in [2.45, 2.75) is 39.8 Å². The molecule has 0 saturated carbocycles. The smallest absolute Gasteiger partial charge is 0.0817 e. The van der Waals surface area contributed by atoms with E-state index in [9.17, 15) is 0 Å². The fourth-order valence-corrected chi connectivity index (χ4v) is 0.667. The molecule has 58 valence electrons. The van der Waals surface area contributed by atoms with Crippen molar-refractivity contribution in [3.8, 4) is 0 Å². The summed E-state index contributed by atoms with van der Waals surface area (Å²) in [5, 5.41) is 0. The molecule has 0 atom stereocenters. The van der Waals surface area contributed by atoms with E-state index < -0.39 is 0 Å². The van der Waals surface area contributed by atoms with E-state index in [0.717, 1.165) is 12.1 Å². The van der Waals surface area contributed by atoms with Gasteiger partial charge in [-0.25, -0.2) is 0 Å². The third kappa shape index (κ3) is 5.15. The molecule has 0 spiro atoms. The minimum Gasteiger partial charge on any atom is -1.00 e. The molecule has 0 fully saturated rings. The second-order valence-electron chi connectivity index (χ2n) is 3.05. The number of hydrogen-bond acceptors (Lipinski definition) is 0. The van der Waals surface area contributed by atoms with E-state index in [1.807, 2.05) is 0 Å². The maximum Gasteiger partial charge on any atom is 0.0817 e. The second kappa shape index (κ2) is 5.47. The van der Waals surface area contributed by atoms with Crippen LogP contribution < -0.4 is 28.9 Å². The zero-order valence-corrected chi connectivity index (χ0v) is 9.19. The summed E-state index contributed by atoms with van der Waals surface area (Å²) in [6, 6.07) is 1.52. The number of nitrogens with one attached hydrogen (secondary N) is 1. The van der Waals surface area contributed by atoms with Crippen LogP contribution in [0.2, 0.25) is 0 Å². The van der Waals surface area contributed by atoms with Crippen LogP contribution in [-0.2, 0) is 0 Å². The number of rotatable bonds is 2. The maximum absolute atomic E-state index is 2.25. The zero-order chi connectivity index (χ0) is 6.73. The monoisotopic (exact) mass is 243 g/mol. The van der Waals surface area contributed by atoms with E-state index in [1.54, 1.807) is 4.90 Å². The second-order valence-corrected chi connectivity index (χ2v) is 3.05. The van der Waals surface area contributed by atoms with Gasteiger partial charge in [-0.1, -0.05) is 0 Å². The third-order valence-corrected chi connectivity index (χ3v) is 1.82. The van der Waals surface area contributed by atoms with Crippen molar-refractivity contribution in [1.29, 1.82) is 0 Å². The molecular weight excluding hydrogens is 225 g/mol. The van der Waals surface area contributed by atoms with E-state index in [-0.39, 0.29) is 24.0 Å². The molecule has 0 radical (unpaired) electrons. The van der Waals surface area contributed by atoms with Crippen LogP contribution in [0, 0.1) is 0 Å². The highest BCUT2D eigenvalue weighted by Gasteiger charge is 2.08. The molecule has 0 unspecified atom stereocenters. The fourth-order valence-electron chi connectivity index (χ4n) is 0.667. The standard InChI is InChI=1S/C7H17N.HI/c1-6(2)8(5)7(3)4;/h6-7H,1-5H3;1H. The van der Waals surface area contributed by atoms with E-state index in [4.69, 9.17) is 0 Å². The largest absolute Gasteiger partial charge is 1.00 e. The molecule has 0 rings (SSSR count). The van der Waals surface area contributed by atoms with Crippen LogP contribution in [0.1, 0.15) is 27.7 Å². The van der Waals surface area contributed by atoms with Gasteiger partial charge in [0.1, 0.15) is 0 Å². The average Bonchev–Trinajstić information content (AvgIpc) is 1.64. The van der Waals surface area contributed by atoms with Crippen molar-refractivity contribution in [3.63, 3.8) is 0 Å². The number of halogens is 1. The molecule has 0 aromatic carbocycles. The summed E-state index contributed by atoms with van der Waals surface area (Å²) in [6.07, 6.45) is 0. The Labute approximate surface area is 75.8 Å². The molecule has 1 nitrogen and oxygen atoms in total. The van der Waals surface area contributed by atoms with Gasteiger partial charge in [0.05, 0.1) is 19.1 Å². The fraction of sp³-hybridized carbons (Fsp3) is 1.00. The Kier molecular flexibility index (Phi) is 7.52. The van der Waals surface area contributed by atoms with Crippen molar-refractivity contribution in [2.24, 2.45) is 0 Å². The predicted molar refractivity (Wildman–Crippen MR) is 37.2 cm³/mol. The molecule has 0 aliphatic rings. The molecule has 1 N–H and O–H groups in total. The summed E-state index contributed by atoms with van der Waals surface area (Å²) in [5.41, 5.74) is 0. The molecule has 0 aliphatic heterocycles. The number of quaternary nitrogens is 1. The quantitative estimate of drug-likeness (QED) is 0.504. The Morgan fingerprint density at radius 1 is 0.889 bits per heavy atom. The molecule has 0 heterocycles. The van der Waals surface area contributed by atoms with Crippen molar-refractivity contribution >= 4 is 0 Å². The van der Waals surface area contributed by atoms with Gasteiger partial charge in [-0.3, -0.25) is 0 Å². The Morgan fingerprint density at radius 2 is 1.11 bits per heavy atom. The average molecular weight is 243 g/mol. The van der Waals surface area contributed by atoms with E-state index in [2.05, 4.69) is 34.7 Å². The lowest BCUT2D eigenvalue weighted by Gasteiger charge is -2.21. The Hall–Kier alpha value is 0.690. The zero-order valence-electron chi connectivity index (χ0n) is 7.03. The van der Waals surface area contributed by atoms with Gasteiger partial charge in [0.15, 0.2) is 0 Å². The van der Waals surface area contributed by atoms with Crippen LogP contribution in [0.5, 0.6) is 0 Å². The lowest BCUT2D eigenvalue weighted by atomic mass is 10.3. The van der Waals surface area contributed by atoms with Crippen molar-refractivity contribution in [1.82, 2.24) is 0 Å². The van der Waals surface area contributed by atoms with Crippen LogP contribution in [0.25, 0.3) is 0 Å². The Balaban J connectivity index is 0. The van der Waals surface area contributed by atoms with Crippen LogP contribution in [0.15, 0.2) is 0 Å². The molecule has 0 aromatic heterocycles. The Morgan fingerprint density at radius 3 is 1.11 bits per heavy atom. The lowest BCUT2D eigenvalue weighted by molar-refractivity contribution is -0.923. The first kappa shape index (κ1) is 12.4. The first-order valence-electron chi connectivity index (χ1n) is 3.39. The molecule has 2 heteroatoms. The van der Waals surface area contributed by atoms with Gasteiger partial charge in [-0.15, -0.1) is 0 Å². The first-order valence-corrected chi connectivity index (χ1v) is 3.39. The predicted octanol–water partition coefficient (Wildman–Crippen LogP) is -2.68.